The Morgan fingerprint density at radius 1 is 1.56 bits per heavy atom. The summed E-state index contributed by atoms with van der Waals surface area (Å²) in [4.78, 5) is 11.0. The van der Waals surface area contributed by atoms with Crippen LogP contribution in [0.2, 0.25) is 0 Å². The molecule has 5 nitrogen and oxygen atoms in total. The lowest BCUT2D eigenvalue weighted by Gasteiger charge is -2.04. The van der Waals surface area contributed by atoms with Crippen LogP contribution in [0.1, 0.15) is 21.5 Å². The van der Waals surface area contributed by atoms with E-state index < -0.39 is 5.97 Å². The number of carboxylic acids is 1. The minimum atomic E-state index is -1.00. The van der Waals surface area contributed by atoms with Crippen molar-refractivity contribution in [2.45, 2.75) is 6.92 Å². The fourth-order valence-corrected chi connectivity index (χ4v) is 2.12. The van der Waals surface area contributed by atoms with Crippen LogP contribution in [0.25, 0.3) is 11.3 Å². The highest BCUT2D eigenvalue weighted by Gasteiger charge is 2.16. The summed E-state index contributed by atoms with van der Waals surface area (Å²) in [6.07, 6.45) is 0. The quantitative estimate of drug-likeness (QED) is 0.812. The Morgan fingerprint density at radius 3 is 2.89 bits per heavy atom. The molecule has 18 heavy (non-hydrogen) atoms. The highest BCUT2D eigenvalue weighted by Crippen LogP contribution is 2.27. The number of H-pyrrole nitrogens is 1. The Kier molecular flexibility index (Phi) is 3.34. The second-order valence-corrected chi connectivity index (χ2v) is 4.79. The Morgan fingerprint density at radius 2 is 2.28 bits per heavy atom. The van der Waals surface area contributed by atoms with Gasteiger partial charge >= 0.3 is 5.97 Å². The van der Waals surface area contributed by atoms with Crippen LogP contribution in [0.15, 0.2) is 18.2 Å². The standard InChI is InChI=1S/C12H8IN3O2/c1-6-2-3-7(12(17)18)4-8(6)10-9(5-14)11(13)16-15-10/h2-4H,1H3,(H,15,16)(H,17,18). The first kappa shape index (κ1) is 12.6. The molecule has 6 heteroatoms. The summed E-state index contributed by atoms with van der Waals surface area (Å²) < 4.78 is 0.644. The number of carboxylic acid groups (broad SMARTS) is 1. The van der Waals surface area contributed by atoms with Gasteiger partial charge in [0.25, 0.3) is 0 Å². The monoisotopic (exact) mass is 353 g/mol. The molecular weight excluding hydrogens is 345 g/mol. The van der Waals surface area contributed by atoms with Gasteiger partial charge in [-0.3, -0.25) is 5.10 Å². The molecule has 0 radical (unpaired) electrons. The van der Waals surface area contributed by atoms with Gasteiger partial charge in [-0.15, -0.1) is 0 Å². The molecule has 2 aromatic rings. The average molecular weight is 353 g/mol. The van der Waals surface area contributed by atoms with E-state index in [9.17, 15) is 4.79 Å². The van der Waals surface area contributed by atoms with Gasteiger partial charge in [0.2, 0.25) is 0 Å². The van der Waals surface area contributed by atoms with Crippen LogP contribution >= 0.6 is 22.6 Å². The zero-order valence-electron chi connectivity index (χ0n) is 9.36. The molecule has 1 aromatic heterocycles. The van der Waals surface area contributed by atoms with Gasteiger partial charge in [-0.1, -0.05) is 6.07 Å². The molecule has 1 aromatic carbocycles. The van der Waals surface area contributed by atoms with E-state index in [1.807, 2.05) is 29.5 Å². The zero-order chi connectivity index (χ0) is 13.3. The number of nitriles is 1. The van der Waals surface area contributed by atoms with Crippen LogP contribution < -0.4 is 0 Å². The molecule has 0 aliphatic rings. The van der Waals surface area contributed by atoms with Crippen LogP contribution in [-0.4, -0.2) is 21.3 Å². The number of nitrogens with zero attached hydrogens (tertiary/aromatic N) is 2. The summed E-state index contributed by atoms with van der Waals surface area (Å²) in [5, 5.41) is 24.9. The second kappa shape index (κ2) is 4.78. The summed E-state index contributed by atoms with van der Waals surface area (Å²) >= 11 is 1.98. The van der Waals surface area contributed by atoms with Crippen molar-refractivity contribution in [3.63, 3.8) is 0 Å². The van der Waals surface area contributed by atoms with Crippen LogP contribution in [0, 0.1) is 22.0 Å². The summed E-state index contributed by atoms with van der Waals surface area (Å²) in [6.45, 7) is 1.85. The molecule has 0 bridgehead atoms. The van der Waals surface area contributed by atoms with Crippen LogP contribution in [0.5, 0.6) is 0 Å². The lowest BCUT2D eigenvalue weighted by molar-refractivity contribution is 0.0697. The van der Waals surface area contributed by atoms with Crippen molar-refractivity contribution in [1.82, 2.24) is 10.2 Å². The predicted octanol–water partition coefficient (Wildman–Crippen LogP) is 2.56. The Hall–Kier alpha value is -1.88. The van der Waals surface area contributed by atoms with Crippen molar-refractivity contribution in [1.29, 1.82) is 5.26 Å². The van der Waals surface area contributed by atoms with Crippen molar-refractivity contribution in [3.8, 4) is 17.3 Å². The SMILES string of the molecule is Cc1ccc(C(=O)O)cc1-c1n[nH]c(I)c1C#N. The number of benzene rings is 1. The number of aromatic carboxylic acids is 1. The fraction of sp³-hybridized carbons (Fsp3) is 0.0833. The van der Waals surface area contributed by atoms with Crippen molar-refractivity contribution in [2.24, 2.45) is 0 Å². The number of rotatable bonds is 2. The number of hydrogen-bond donors (Lipinski definition) is 2. The normalized spacial score (nSPS) is 10.1. The van der Waals surface area contributed by atoms with E-state index in [0.717, 1.165) is 5.56 Å². The van der Waals surface area contributed by atoms with Crippen LogP contribution in [0.4, 0.5) is 0 Å². The van der Waals surface area contributed by atoms with E-state index in [4.69, 9.17) is 10.4 Å². The third kappa shape index (κ3) is 2.09. The number of aryl methyl sites for hydroxylation is 1. The molecule has 90 valence electrons. The van der Waals surface area contributed by atoms with Crippen LogP contribution in [-0.2, 0) is 0 Å². The summed E-state index contributed by atoms with van der Waals surface area (Å²) in [5.41, 5.74) is 2.63. The second-order valence-electron chi connectivity index (χ2n) is 3.71. The average Bonchev–Trinajstić information content (AvgIpc) is 2.70. The maximum Gasteiger partial charge on any atom is 0.335 e. The van der Waals surface area contributed by atoms with E-state index in [-0.39, 0.29) is 5.56 Å². The number of carbonyl (C=O) groups is 1. The zero-order valence-corrected chi connectivity index (χ0v) is 11.5. The minimum absolute atomic E-state index is 0.178. The molecule has 0 fully saturated rings. The van der Waals surface area contributed by atoms with Crippen molar-refractivity contribution < 1.29 is 9.90 Å². The van der Waals surface area contributed by atoms with Crippen molar-refractivity contribution >= 4 is 28.6 Å². The highest BCUT2D eigenvalue weighted by molar-refractivity contribution is 14.1. The molecule has 0 amide bonds. The minimum Gasteiger partial charge on any atom is -0.478 e. The van der Waals surface area contributed by atoms with Gasteiger partial charge in [0.1, 0.15) is 21.0 Å². The predicted molar refractivity (Wildman–Crippen MR) is 73.2 cm³/mol. The van der Waals surface area contributed by atoms with Crippen molar-refractivity contribution in [3.05, 3.63) is 38.6 Å². The molecule has 0 unspecified atom stereocenters. The van der Waals surface area contributed by atoms with Gasteiger partial charge in [-0.05, 0) is 47.2 Å². The highest BCUT2D eigenvalue weighted by atomic mass is 127. The molecule has 0 atom stereocenters. The third-order valence-corrected chi connectivity index (χ3v) is 3.35. The number of nitrogens with one attached hydrogen (secondary N) is 1. The van der Waals surface area contributed by atoms with Gasteiger partial charge in [0, 0.05) is 5.56 Å². The van der Waals surface area contributed by atoms with E-state index >= 15 is 0 Å². The van der Waals surface area contributed by atoms with E-state index in [0.29, 0.717) is 20.5 Å². The number of aromatic nitrogens is 2. The molecule has 0 spiro atoms. The van der Waals surface area contributed by atoms with E-state index in [2.05, 4.69) is 16.3 Å². The largest absolute Gasteiger partial charge is 0.478 e. The van der Waals surface area contributed by atoms with Gasteiger partial charge in [0.05, 0.1) is 5.56 Å². The van der Waals surface area contributed by atoms with Gasteiger partial charge in [-0.2, -0.15) is 10.4 Å². The summed E-state index contributed by atoms with van der Waals surface area (Å²) in [6, 6.07) is 6.84. The molecule has 0 saturated carbocycles. The molecule has 0 aliphatic carbocycles. The molecule has 0 aliphatic heterocycles. The summed E-state index contributed by atoms with van der Waals surface area (Å²) in [7, 11) is 0. The fourth-order valence-electron chi connectivity index (χ4n) is 1.63. The Labute approximate surface area is 117 Å². The first-order valence-corrected chi connectivity index (χ1v) is 6.10. The maximum atomic E-state index is 11.0. The Bertz CT molecular complexity index is 670. The number of aromatic amines is 1. The van der Waals surface area contributed by atoms with E-state index in [1.54, 1.807) is 6.07 Å². The lowest BCUT2D eigenvalue weighted by atomic mass is 10.0. The summed E-state index contributed by atoms with van der Waals surface area (Å²) in [5.74, 6) is -1.00. The lowest BCUT2D eigenvalue weighted by Crippen LogP contribution is -1.98. The molecule has 0 saturated heterocycles. The first-order valence-electron chi connectivity index (χ1n) is 5.03. The Balaban J connectivity index is 2.67. The van der Waals surface area contributed by atoms with Gasteiger partial charge in [-0.25, -0.2) is 4.79 Å². The number of halogens is 1. The van der Waals surface area contributed by atoms with Gasteiger partial charge in [0.15, 0.2) is 0 Å². The maximum absolute atomic E-state index is 11.0. The molecule has 1 heterocycles. The number of hydrogen-bond acceptors (Lipinski definition) is 3. The van der Waals surface area contributed by atoms with E-state index in [1.165, 1.54) is 12.1 Å². The van der Waals surface area contributed by atoms with Crippen molar-refractivity contribution in [2.75, 3.05) is 0 Å². The first-order chi connectivity index (χ1) is 8.54. The molecule has 2 N–H and O–H groups in total. The molecule has 2 rings (SSSR count). The smallest absolute Gasteiger partial charge is 0.335 e. The van der Waals surface area contributed by atoms with Gasteiger partial charge < -0.3 is 5.11 Å². The van der Waals surface area contributed by atoms with Crippen LogP contribution in [0.3, 0.4) is 0 Å². The third-order valence-electron chi connectivity index (χ3n) is 2.57. The topological polar surface area (TPSA) is 89.8 Å². The molecular formula is C12H8IN3O2.